The van der Waals surface area contributed by atoms with E-state index in [4.69, 9.17) is 0 Å². The van der Waals surface area contributed by atoms with Crippen LogP contribution in [0.25, 0.3) is 11.2 Å². The number of aromatic amines is 2. The lowest BCUT2D eigenvalue weighted by Crippen LogP contribution is -1.99. The maximum absolute atomic E-state index is 12.4. The number of H-pyrrole nitrogens is 2. The molecule has 0 amide bonds. The Kier molecular flexibility index (Phi) is 1.06. The molecule has 0 unspecified atom stereocenters. The van der Waals surface area contributed by atoms with E-state index in [9.17, 15) is 9.18 Å². The van der Waals surface area contributed by atoms with Crippen molar-refractivity contribution in [3.63, 3.8) is 0 Å². The van der Waals surface area contributed by atoms with Crippen molar-refractivity contribution in [2.45, 2.75) is 0 Å². The number of nitrogens with one attached hydrogen (secondary N) is 2. The third-order valence-corrected chi connectivity index (χ3v) is 1.33. The van der Waals surface area contributed by atoms with Crippen molar-refractivity contribution < 1.29 is 7.24 Å². The van der Waals surface area contributed by atoms with Gasteiger partial charge in [-0.2, -0.15) is 0 Å². The molecule has 60 valence electrons. The standard InChI is InChI=1S/C6H4FN3O.2H2/c7-3-1-4-5(8-2-3)10-6(11)9-4;;/h1-2H,(H2,8,9,10,11);2*1H. The van der Waals surface area contributed by atoms with Crippen molar-refractivity contribution in [1.29, 1.82) is 0 Å². The third-order valence-electron chi connectivity index (χ3n) is 1.33. The van der Waals surface area contributed by atoms with Gasteiger partial charge in [-0.1, -0.05) is 0 Å². The Morgan fingerprint density at radius 3 is 3.18 bits per heavy atom. The van der Waals surface area contributed by atoms with Crippen LogP contribution in [0.2, 0.25) is 0 Å². The summed E-state index contributed by atoms with van der Waals surface area (Å²) in [6, 6.07) is 1.21. The van der Waals surface area contributed by atoms with Crippen LogP contribution in [-0.2, 0) is 0 Å². The van der Waals surface area contributed by atoms with Crippen LogP contribution in [0.15, 0.2) is 17.1 Å². The van der Waals surface area contributed by atoms with Crippen molar-refractivity contribution in [1.82, 2.24) is 15.0 Å². The van der Waals surface area contributed by atoms with Crippen molar-refractivity contribution in [3.05, 3.63) is 28.6 Å². The number of hydrogen-bond donors (Lipinski definition) is 2. The predicted octanol–water partition coefficient (Wildman–Crippen LogP) is 0.882. The highest BCUT2D eigenvalue weighted by Gasteiger charge is 1.98. The number of rotatable bonds is 0. The van der Waals surface area contributed by atoms with Gasteiger partial charge in [0.1, 0.15) is 5.82 Å². The van der Waals surface area contributed by atoms with Gasteiger partial charge in [-0.05, 0) is 0 Å². The molecule has 4 nitrogen and oxygen atoms in total. The van der Waals surface area contributed by atoms with Gasteiger partial charge in [0.25, 0.3) is 0 Å². The Morgan fingerprint density at radius 2 is 2.36 bits per heavy atom. The molecular weight excluding hydrogens is 149 g/mol. The van der Waals surface area contributed by atoms with E-state index < -0.39 is 5.82 Å². The SMILES string of the molecule is O=c1[nH]c2cc(F)cnc2[nH]1.[HH].[HH]. The number of hydrogen-bond acceptors (Lipinski definition) is 2. The lowest BCUT2D eigenvalue weighted by molar-refractivity contribution is 0.624. The molecule has 0 radical (unpaired) electrons. The molecule has 0 saturated carbocycles. The molecular formula is C6H8FN3O. The lowest BCUT2D eigenvalue weighted by atomic mass is 10.4. The van der Waals surface area contributed by atoms with Crippen LogP contribution in [-0.4, -0.2) is 15.0 Å². The molecule has 0 aliphatic rings. The zero-order valence-corrected chi connectivity index (χ0v) is 5.39. The number of imidazole rings is 1. The second-order valence-electron chi connectivity index (χ2n) is 2.13. The summed E-state index contributed by atoms with van der Waals surface area (Å²) >= 11 is 0. The first-order valence-corrected chi connectivity index (χ1v) is 2.99. The molecule has 2 aromatic heterocycles. The molecule has 0 bridgehead atoms. The van der Waals surface area contributed by atoms with Crippen molar-refractivity contribution in [2.24, 2.45) is 0 Å². The van der Waals surface area contributed by atoms with E-state index in [1.165, 1.54) is 6.07 Å². The van der Waals surface area contributed by atoms with Crippen LogP contribution >= 0.6 is 0 Å². The minimum absolute atomic E-state index is 0. The topological polar surface area (TPSA) is 61.5 Å². The number of nitrogens with zero attached hydrogens (tertiary/aromatic N) is 1. The zero-order chi connectivity index (χ0) is 7.84. The second kappa shape index (κ2) is 1.91. The summed E-state index contributed by atoms with van der Waals surface area (Å²) in [5, 5.41) is 0. The molecule has 0 aliphatic heterocycles. The van der Waals surface area contributed by atoms with Gasteiger partial charge in [0.05, 0.1) is 11.7 Å². The van der Waals surface area contributed by atoms with Crippen LogP contribution in [0.4, 0.5) is 4.39 Å². The minimum atomic E-state index is -0.465. The van der Waals surface area contributed by atoms with E-state index in [0.29, 0.717) is 11.2 Å². The second-order valence-corrected chi connectivity index (χ2v) is 2.13. The Morgan fingerprint density at radius 1 is 1.55 bits per heavy atom. The summed E-state index contributed by atoms with van der Waals surface area (Å²) in [6.07, 6.45) is 1.05. The Bertz CT molecular complexity index is 452. The van der Waals surface area contributed by atoms with E-state index in [-0.39, 0.29) is 8.54 Å². The van der Waals surface area contributed by atoms with E-state index in [1.807, 2.05) is 0 Å². The van der Waals surface area contributed by atoms with Crippen molar-refractivity contribution in [3.8, 4) is 0 Å². The third kappa shape index (κ3) is 0.899. The fourth-order valence-corrected chi connectivity index (χ4v) is 0.895. The van der Waals surface area contributed by atoms with Gasteiger partial charge in [-0.3, -0.25) is 4.98 Å². The smallest absolute Gasteiger partial charge is 0.304 e. The molecule has 2 rings (SSSR count). The van der Waals surface area contributed by atoms with Gasteiger partial charge >= 0.3 is 5.69 Å². The summed E-state index contributed by atoms with van der Waals surface area (Å²) in [4.78, 5) is 19.0. The fourth-order valence-electron chi connectivity index (χ4n) is 0.895. The number of fused-ring (bicyclic) bond motifs is 1. The Balaban J connectivity index is 0.000000720. The maximum atomic E-state index is 12.4. The lowest BCUT2D eigenvalue weighted by Gasteiger charge is -1.85. The Hall–Kier alpha value is -1.65. The van der Waals surface area contributed by atoms with Gasteiger partial charge in [0, 0.05) is 8.92 Å². The molecule has 0 spiro atoms. The van der Waals surface area contributed by atoms with Crippen LogP contribution < -0.4 is 5.69 Å². The summed E-state index contributed by atoms with van der Waals surface area (Å²) < 4.78 is 12.4. The molecule has 0 saturated heterocycles. The molecule has 2 aromatic rings. The van der Waals surface area contributed by atoms with Gasteiger partial charge < -0.3 is 4.98 Å². The molecule has 5 heteroatoms. The first-order chi connectivity index (χ1) is 5.25. The van der Waals surface area contributed by atoms with Crippen LogP contribution in [0.5, 0.6) is 0 Å². The molecule has 0 fully saturated rings. The summed E-state index contributed by atoms with van der Waals surface area (Å²) in [7, 11) is 0. The Labute approximate surface area is 63.1 Å². The average molecular weight is 157 g/mol. The molecule has 0 aliphatic carbocycles. The maximum Gasteiger partial charge on any atom is 0.325 e. The number of pyridine rings is 1. The fraction of sp³-hybridized carbons (Fsp3) is 0. The van der Waals surface area contributed by atoms with Gasteiger partial charge in [-0.15, -0.1) is 0 Å². The minimum Gasteiger partial charge on any atom is -0.304 e. The van der Waals surface area contributed by atoms with Crippen LogP contribution in [0, 0.1) is 5.82 Å². The molecule has 0 atom stereocenters. The van der Waals surface area contributed by atoms with Crippen LogP contribution in [0.1, 0.15) is 2.85 Å². The van der Waals surface area contributed by atoms with Gasteiger partial charge in [0.2, 0.25) is 0 Å². The van der Waals surface area contributed by atoms with Gasteiger partial charge in [0.15, 0.2) is 5.65 Å². The molecule has 0 aromatic carbocycles. The van der Waals surface area contributed by atoms with Crippen molar-refractivity contribution in [2.75, 3.05) is 0 Å². The molecule has 2 heterocycles. The van der Waals surface area contributed by atoms with E-state index in [1.54, 1.807) is 0 Å². The zero-order valence-electron chi connectivity index (χ0n) is 5.39. The molecule has 2 N–H and O–H groups in total. The highest BCUT2D eigenvalue weighted by atomic mass is 19.1. The van der Waals surface area contributed by atoms with E-state index >= 15 is 0 Å². The monoisotopic (exact) mass is 157 g/mol. The average Bonchev–Trinajstić information content (AvgIpc) is 2.27. The van der Waals surface area contributed by atoms with Gasteiger partial charge in [-0.25, -0.2) is 14.2 Å². The van der Waals surface area contributed by atoms with Crippen LogP contribution in [0.3, 0.4) is 0 Å². The van der Waals surface area contributed by atoms with Crippen molar-refractivity contribution >= 4 is 11.2 Å². The first kappa shape index (κ1) is 6.09. The largest absolute Gasteiger partial charge is 0.325 e. The normalized spacial score (nSPS) is 10.6. The summed E-state index contributed by atoms with van der Waals surface area (Å²) in [6.45, 7) is 0. The summed E-state index contributed by atoms with van der Waals surface area (Å²) in [5.41, 5.74) is 0.379. The van der Waals surface area contributed by atoms with E-state index in [2.05, 4.69) is 15.0 Å². The highest BCUT2D eigenvalue weighted by molar-refractivity contribution is 5.68. The number of halogens is 1. The molecule has 11 heavy (non-hydrogen) atoms. The summed E-state index contributed by atoms with van der Waals surface area (Å²) in [5.74, 6) is -0.465. The number of aromatic nitrogens is 3. The quantitative estimate of drug-likeness (QED) is 0.596. The highest BCUT2D eigenvalue weighted by Crippen LogP contribution is 2.03. The predicted molar refractivity (Wildman–Crippen MR) is 40.9 cm³/mol. The first-order valence-electron chi connectivity index (χ1n) is 2.99. The van der Waals surface area contributed by atoms with E-state index in [0.717, 1.165) is 6.20 Å².